The van der Waals surface area contributed by atoms with E-state index in [1.807, 2.05) is 11.6 Å². The molecule has 2 rings (SSSR count). The van der Waals surface area contributed by atoms with E-state index in [0.29, 0.717) is 6.54 Å². The van der Waals surface area contributed by atoms with Gasteiger partial charge in [0.15, 0.2) is 0 Å². The third kappa shape index (κ3) is 1.40. The van der Waals surface area contributed by atoms with Crippen LogP contribution < -0.4 is 5.73 Å². The van der Waals surface area contributed by atoms with Crippen molar-refractivity contribution in [3.63, 3.8) is 0 Å². The summed E-state index contributed by atoms with van der Waals surface area (Å²) in [7, 11) is 1.94. The van der Waals surface area contributed by atoms with Gasteiger partial charge in [-0.3, -0.25) is 0 Å². The largest absolute Gasteiger partial charge is 0.348 e. The van der Waals surface area contributed by atoms with Gasteiger partial charge in [-0.1, -0.05) is 0 Å². The van der Waals surface area contributed by atoms with E-state index in [-0.39, 0.29) is 5.82 Å². The minimum Gasteiger partial charge on any atom is -0.348 e. The van der Waals surface area contributed by atoms with Gasteiger partial charge < -0.3 is 10.3 Å². The first-order valence-corrected chi connectivity index (χ1v) is 4.66. The summed E-state index contributed by atoms with van der Waals surface area (Å²) < 4.78 is 15.0. The van der Waals surface area contributed by atoms with Crippen LogP contribution >= 0.6 is 0 Å². The molecule has 0 bridgehead atoms. The zero-order chi connectivity index (χ0) is 10.1. The Labute approximate surface area is 82.1 Å². The summed E-state index contributed by atoms with van der Waals surface area (Å²) in [6, 6.07) is 6.89. The lowest BCUT2D eigenvalue weighted by Gasteiger charge is -2.01. The van der Waals surface area contributed by atoms with Crippen LogP contribution in [0.15, 0.2) is 24.3 Å². The van der Waals surface area contributed by atoms with Crippen molar-refractivity contribution in [2.45, 2.75) is 6.42 Å². The van der Waals surface area contributed by atoms with Crippen LogP contribution in [0.5, 0.6) is 0 Å². The fraction of sp³-hybridized carbons (Fsp3) is 0.273. The van der Waals surface area contributed by atoms with Crippen LogP contribution in [0.2, 0.25) is 0 Å². The Morgan fingerprint density at radius 3 is 2.86 bits per heavy atom. The van der Waals surface area contributed by atoms with Crippen molar-refractivity contribution >= 4 is 10.9 Å². The first-order valence-electron chi connectivity index (χ1n) is 4.66. The fourth-order valence-electron chi connectivity index (χ4n) is 1.75. The molecular formula is C11H13FN2. The number of hydrogen-bond acceptors (Lipinski definition) is 1. The maximum atomic E-state index is 13.0. The summed E-state index contributed by atoms with van der Waals surface area (Å²) in [4.78, 5) is 0. The average molecular weight is 192 g/mol. The van der Waals surface area contributed by atoms with Crippen LogP contribution in [0.25, 0.3) is 10.9 Å². The zero-order valence-electron chi connectivity index (χ0n) is 8.13. The quantitative estimate of drug-likeness (QED) is 0.773. The highest BCUT2D eigenvalue weighted by Crippen LogP contribution is 2.19. The predicted molar refractivity (Wildman–Crippen MR) is 55.6 cm³/mol. The standard InChI is InChI=1S/C11H13FN2/c1-14-10(4-5-13)6-8-2-3-9(12)7-11(8)14/h2-3,6-7H,4-5,13H2,1H3. The predicted octanol–water partition coefficient (Wildman–Crippen LogP) is 1.82. The van der Waals surface area contributed by atoms with Crippen LogP contribution in [0.3, 0.4) is 0 Å². The van der Waals surface area contributed by atoms with Gasteiger partial charge in [0, 0.05) is 18.1 Å². The van der Waals surface area contributed by atoms with E-state index < -0.39 is 0 Å². The van der Waals surface area contributed by atoms with Gasteiger partial charge in [-0.15, -0.1) is 0 Å². The molecule has 0 amide bonds. The second-order valence-corrected chi connectivity index (χ2v) is 3.44. The number of benzene rings is 1. The van der Waals surface area contributed by atoms with Crippen molar-refractivity contribution in [2.75, 3.05) is 6.54 Å². The van der Waals surface area contributed by atoms with Crippen molar-refractivity contribution in [3.05, 3.63) is 35.8 Å². The summed E-state index contributed by atoms with van der Waals surface area (Å²) in [5.41, 5.74) is 7.56. The molecule has 0 spiro atoms. The molecule has 1 aromatic heterocycles. The number of halogens is 1. The van der Waals surface area contributed by atoms with Crippen LogP contribution in [-0.2, 0) is 13.5 Å². The molecule has 1 heterocycles. The van der Waals surface area contributed by atoms with Crippen molar-refractivity contribution < 1.29 is 4.39 Å². The first-order chi connectivity index (χ1) is 6.72. The molecule has 0 fully saturated rings. The molecular weight excluding hydrogens is 179 g/mol. The van der Waals surface area contributed by atoms with Gasteiger partial charge in [-0.25, -0.2) is 4.39 Å². The Kier molecular flexibility index (Phi) is 2.25. The zero-order valence-corrected chi connectivity index (χ0v) is 8.13. The van der Waals surface area contributed by atoms with Gasteiger partial charge >= 0.3 is 0 Å². The number of nitrogens with zero attached hydrogens (tertiary/aromatic N) is 1. The summed E-state index contributed by atoms with van der Waals surface area (Å²) in [6.07, 6.45) is 0.826. The Morgan fingerprint density at radius 2 is 2.14 bits per heavy atom. The number of fused-ring (bicyclic) bond motifs is 1. The second kappa shape index (κ2) is 3.42. The molecule has 0 aliphatic heterocycles. The van der Waals surface area contributed by atoms with Gasteiger partial charge in [-0.2, -0.15) is 0 Å². The summed E-state index contributed by atoms with van der Waals surface area (Å²) in [5.74, 6) is -0.196. The normalized spacial score (nSPS) is 11.1. The number of aryl methyl sites for hydroxylation is 1. The number of hydrogen-bond donors (Lipinski definition) is 1. The summed E-state index contributed by atoms with van der Waals surface area (Å²) >= 11 is 0. The Bertz CT molecular complexity index is 460. The van der Waals surface area contributed by atoms with Crippen molar-refractivity contribution in [3.8, 4) is 0 Å². The third-order valence-corrected chi connectivity index (χ3v) is 2.51. The van der Waals surface area contributed by atoms with Gasteiger partial charge in [0.1, 0.15) is 5.82 Å². The van der Waals surface area contributed by atoms with Crippen molar-refractivity contribution in [1.29, 1.82) is 0 Å². The van der Waals surface area contributed by atoms with Crippen LogP contribution in [0.1, 0.15) is 5.69 Å². The van der Waals surface area contributed by atoms with Gasteiger partial charge in [-0.05, 0) is 37.2 Å². The van der Waals surface area contributed by atoms with E-state index in [2.05, 4.69) is 6.07 Å². The van der Waals surface area contributed by atoms with Crippen LogP contribution in [-0.4, -0.2) is 11.1 Å². The smallest absolute Gasteiger partial charge is 0.125 e. The highest BCUT2D eigenvalue weighted by molar-refractivity contribution is 5.81. The van der Waals surface area contributed by atoms with Gasteiger partial charge in [0.2, 0.25) is 0 Å². The molecule has 74 valence electrons. The Hall–Kier alpha value is -1.35. The van der Waals surface area contributed by atoms with E-state index >= 15 is 0 Å². The fourth-order valence-corrected chi connectivity index (χ4v) is 1.75. The van der Waals surface area contributed by atoms with Crippen molar-refractivity contribution in [2.24, 2.45) is 12.8 Å². The molecule has 0 aliphatic carbocycles. The SMILES string of the molecule is Cn1c(CCN)cc2ccc(F)cc21. The van der Waals surface area contributed by atoms with Gasteiger partial charge in [0.05, 0.1) is 5.52 Å². The Morgan fingerprint density at radius 1 is 1.36 bits per heavy atom. The second-order valence-electron chi connectivity index (χ2n) is 3.44. The molecule has 2 N–H and O–H groups in total. The summed E-state index contributed by atoms with van der Waals surface area (Å²) in [5, 5.41) is 1.07. The monoisotopic (exact) mass is 192 g/mol. The molecule has 0 atom stereocenters. The highest BCUT2D eigenvalue weighted by Gasteiger charge is 2.05. The first kappa shape index (κ1) is 9.21. The number of aromatic nitrogens is 1. The summed E-state index contributed by atoms with van der Waals surface area (Å²) in [6.45, 7) is 0.618. The molecule has 0 radical (unpaired) electrons. The molecule has 0 saturated carbocycles. The third-order valence-electron chi connectivity index (χ3n) is 2.51. The number of nitrogens with two attached hydrogens (primary N) is 1. The van der Waals surface area contributed by atoms with E-state index in [4.69, 9.17) is 5.73 Å². The van der Waals surface area contributed by atoms with E-state index in [0.717, 1.165) is 23.0 Å². The lowest BCUT2D eigenvalue weighted by atomic mass is 10.2. The maximum absolute atomic E-state index is 13.0. The number of rotatable bonds is 2. The molecule has 0 saturated heterocycles. The van der Waals surface area contributed by atoms with E-state index in [1.54, 1.807) is 12.1 Å². The van der Waals surface area contributed by atoms with Gasteiger partial charge in [0.25, 0.3) is 0 Å². The lowest BCUT2D eigenvalue weighted by molar-refractivity contribution is 0.628. The topological polar surface area (TPSA) is 30.9 Å². The molecule has 3 heteroatoms. The molecule has 0 aliphatic rings. The van der Waals surface area contributed by atoms with Crippen LogP contribution in [0.4, 0.5) is 4.39 Å². The maximum Gasteiger partial charge on any atom is 0.125 e. The molecule has 2 aromatic rings. The van der Waals surface area contributed by atoms with E-state index in [1.165, 1.54) is 6.07 Å². The highest BCUT2D eigenvalue weighted by atomic mass is 19.1. The molecule has 14 heavy (non-hydrogen) atoms. The van der Waals surface area contributed by atoms with Crippen molar-refractivity contribution in [1.82, 2.24) is 4.57 Å². The Balaban J connectivity index is 2.62. The molecule has 2 nitrogen and oxygen atoms in total. The molecule has 1 aromatic carbocycles. The van der Waals surface area contributed by atoms with E-state index in [9.17, 15) is 4.39 Å². The lowest BCUT2D eigenvalue weighted by Crippen LogP contribution is -2.06. The van der Waals surface area contributed by atoms with Crippen LogP contribution in [0, 0.1) is 5.82 Å². The average Bonchev–Trinajstić information content (AvgIpc) is 2.46. The molecule has 0 unspecified atom stereocenters. The minimum atomic E-state index is -0.196. The minimum absolute atomic E-state index is 0.196.